The van der Waals surface area contributed by atoms with E-state index in [4.69, 9.17) is 4.84 Å². The smallest absolute Gasteiger partial charge is 0.106 e. The van der Waals surface area contributed by atoms with Crippen molar-refractivity contribution in [3.8, 4) is 0 Å². The second kappa shape index (κ2) is 5.08. The molecule has 0 heterocycles. The number of allylic oxidation sites excluding steroid dienone is 2. The van der Waals surface area contributed by atoms with Gasteiger partial charge in [-0.3, -0.25) is 0 Å². The van der Waals surface area contributed by atoms with Crippen molar-refractivity contribution in [3.05, 3.63) is 39.5 Å². The predicted octanol–water partition coefficient (Wildman–Crippen LogP) is 4.50. The Morgan fingerprint density at radius 1 is 0.950 bits per heavy atom. The molecule has 2 nitrogen and oxygen atoms in total. The first-order chi connectivity index (χ1) is 9.63. The summed E-state index contributed by atoms with van der Waals surface area (Å²) >= 11 is 0. The summed E-state index contributed by atoms with van der Waals surface area (Å²) in [5, 5.41) is 4.30. The molecule has 0 amide bonds. The second-order valence-corrected chi connectivity index (χ2v) is 6.01. The van der Waals surface area contributed by atoms with E-state index in [-0.39, 0.29) is 0 Å². The zero-order valence-corrected chi connectivity index (χ0v) is 13.0. The molecule has 0 spiro atoms. The van der Waals surface area contributed by atoms with Crippen molar-refractivity contribution < 1.29 is 4.84 Å². The van der Waals surface area contributed by atoms with Crippen LogP contribution in [0.4, 0.5) is 0 Å². The third-order valence-electron chi connectivity index (χ3n) is 4.94. The topological polar surface area (TPSA) is 21.6 Å². The number of nitrogens with zero attached hydrogens (tertiary/aromatic N) is 1. The third kappa shape index (κ3) is 1.98. The highest BCUT2D eigenvalue weighted by molar-refractivity contribution is 6.08. The number of hydrogen-bond donors (Lipinski definition) is 0. The molecule has 2 heteroatoms. The lowest BCUT2D eigenvalue weighted by molar-refractivity contribution is 0.212. The maximum atomic E-state index is 5.08. The first-order valence-corrected chi connectivity index (χ1v) is 7.56. The highest BCUT2D eigenvalue weighted by atomic mass is 16.6. The molecule has 3 rings (SSSR count). The van der Waals surface area contributed by atoms with Crippen LogP contribution in [0, 0.1) is 20.8 Å². The van der Waals surface area contributed by atoms with E-state index in [1.807, 2.05) is 0 Å². The van der Waals surface area contributed by atoms with Gasteiger partial charge in [-0.05, 0) is 91.8 Å². The van der Waals surface area contributed by atoms with Crippen molar-refractivity contribution in [2.45, 2.75) is 52.9 Å². The van der Waals surface area contributed by atoms with Gasteiger partial charge in [-0.25, -0.2) is 0 Å². The summed E-state index contributed by atoms with van der Waals surface area (Å²) in [5.41, 5.74) is 11.5. The van der Waals surface area contributed by atoms with Crippen molar-refractivity contribution in [1.29, 1.82) is 0 Å². The minimum Gasteiger partial charge on any atom is -0.399 e. The summed E-state index contributed by atoms with van der Waals surface area (Å²) in [4.78, 5) is 5.08. The summed E-state index contributed by atoms with van der Waals surface area (Å²) in [6, 6.07) is 2.39. The van der Waals surface area contributed by atoms with Crippen LogP contribution in [0.15, 0.2) is 16.8 Å². The summed E-state index contributed by atoms with van der Waals surface area (Å²) in [6.45, 7) is 6.75. The molecule has 0 aliphatic heterocycles. The predicted molar refractivity (Wildman–Crippen MR) is 84.2 cm³/mol. The fourth-order valence-corrected chi connectivity index (χ4v) is 3.74. The number of benzene rings is 1. The van der Waals surface area contributed by atoms with Gasteiger partial charge in [-0.1, -0.05) is 11.2 Å². The van der Waals surface area contributed by atoms with E-state index in [0.717, 1.165) is 19.3 Å². The summed E-state index contributed by atoms with van der Waals surface area (Å²) in [5.74, 6) is 0. The highest BCUT2D eigenvalue weighted by Gasteiger charge is 2.27. The Labute approximate surface area is 121 Å². The number of fused-ring (bicyclic) bond motifs is 2. The maximum absolute atomic E-state index is 5.08. The normalized spacial score (nSPS) is 19.9. The number of hydrogen-bond acceptors (Lipinski definition) is 2. The van der Waals surface area contributed by atoms with E-state index in [1.54, 1.807) is 7.11 Å². The molecule has 0 atom stereocenters. The van der Waals surface area contributed by atoms with Crippen LogP contribution in [0.2, 0.25) is 0 Å². The van der Waals surface area contributed by atoms with Crippen molar-refractivity contribution in [2.24, 2.45) is 5.16 Å². The Balaban J connectivity index is 2.25. The maximum Gasteiger partial charge on any atom is 0.106 e. The van der Waals surface area contributed by atoms with Gasteiger partial charge in [-0.2, -0.15) is 0 Å². The lowest BCUT2D eigenvalue weighted by Crippen LogP contribution is -2.03. The monoisotopic (exact) mass is 269 g/mol. The molecule has 0 unspecified atom stereocenters. The van der Waals surface area contributed by atoms with E-state index < -0.39 is 0 Å². The van der Waals surface area contributed by atoms with Crippen molar-refractivity contribution in [1.82, 2.24) is 0 Å². The minimum absolute atomic E-state index is 1.00. The second-order valence-electron chi connectivity index (χ2n) is 6.01. The first kappa shape index (κ1) is 13.4. The van der Waals surface area contributed by atoms with Gasteiger partial charge in [0.05, 0.1) is 5.71 Å². The van der Waals surface area contributed by atoms with Crippen LogP contribution in [0.25, 0.3) is 5.57 Å². The molecule has 1 aromatic rings. The van der Waals surface area contributed by atoms with Crippen LogP contribution in [-0.2, 0) is 11.3 Å². The van der Waals surface area contributed by atoms with Gasteiger partial charge in [0.2, 0.25) is 0 Å². The minimum atomic E-state index is 1.00. The lowest BCUT2D eigenvalue weighted by atomic mass is 9.88. The van der Waals surface area contributed by atoms with Crippen molar-refractivity contribution >= 4 is 11.3 Å². The number of aryl methyl sites for hydroxylation is 2. The number of oxime groups is 1. The molecule has 0 saturated carbocycles. The van der Waals surface area contributed by atoms with Gasteiger partial charge < -0.3 is 4.84 Å². The molecule has 0 aromatic heterocycles. The quantitative estimate of drug-likeness (QED) is 0.688. The van der Waals surface area contributed by atoms with E-state index in [2.05, 4.69) is 32.0 Å². The molecular weight excluding hydrogens is 246 g/mol. The van der Waals surface area contributed by atoms with Crippen LogP contribution < -0.4 is 0 Å². The lowest BCUT2D eigenvalue weighted by Gasteiger charge is -2.17. The summed E-state index contributed by atoms with van der Waals surface area (Å²) in [6.07, 6.45) is 5.67. The van der Waals surface area contributed by atoms with Crippen LogP contribution in [0.3, 0.4) is 0 Å². The Hall–Kier alpha value is -1.57. The fraction of sp³-hybridized carbons (Fsp3) is 0.500. The van der Waals surface area contributed by atoms with Crippen LogP contribution in [-0.4, -0.2) is 12.8 Å². The van der Waals surface area contributed by atoms with Crippen LogP contribution in [0.1, 0.15) is 53.5 Å². The van der Waals surface area contributed by atoms with E-state index in [1.165, 1.54) is 57.5 Å². The van der Waals surface area contributed by atoms with Crippen LogP contribution in [0.5, 0.6) is 0 Å². The van der Waals surface area contributed by atoms with Gasteiger partial charge in [0.25, 0.3) is 0 Å². The molecule has 2 aliphatic rings. The largest absolute Gasteiger partial charge is 0.399 e. The average Bonchev–Trinajstić information content (AvgIpc) is 2.85. The van der Waals surface area contributed by atoms with E-state index in [9.17, 15) is 0 Å². The molecule has 0 N–H and O–H groups in total. The third-order valence-corrected chi connectivity index (χ3v) is 4.94. The number of rotatable bonds is 1. The van der Waals surface area contributed by atoms with Gasteiger partial charge >= 0.3 is 0 Å². The standard InChI is InChI=1S/C18H23NO/c1-11-10-14-8-9-17(19-20-4)15-6-5-7-16(15)18(14)13(3)12(11)2/h10H,5-9H2,1-4H3/b19-17+. The van der Waals surface area contributed by atoms with Gasteiger partial charge in [0, 0.05) is 0 Å². The molecule has 0 bridgehead atoms. The Morgan fingerprint density at radius 3 is 2.45 bits per heavy atom. The molecule has 106 valence electrons. The van der Waals surface area contributed by atoms with E-state index >= 15 is 0 Å². The molecule has 0 saturated heterocycles. The summed E-state index contributed by atoms with van der Waals surface area (Å²) < 4.78 is 0. The summed E-state index contributed by atoms with van der Waals surface area (Å²) in [7, 11) is 1.65. The molecule has 0 radical (unpaired) electrons. The first-order valence-electron chi connectivity index (χ1n) is 7.56. The van der Waals surface area contributed by atoms with Gasteiger partial charge in [0.15, 0.2) is 0 Å². The highest BCUT2D eigenvalue weighted by Crippen LogP contribution is 2.42. The molecule has 0 fully saturated rings. The zero-order chi connectivity index (χ0) is 14.3. The van der Waals surface area contributed by atoms with Gasteiger partial charge in [0.1, 0.15) is 7.11 Å². The molecular formula is C18H23NO. The SMILES string of the molecule is CO/N=C1\CCc2cc(C)c(C)c(C)c2C2=C1CCC2. The van der Waals surface area contributed by atoms with Gasteiger partial charge in [-0.15, -0.1) is 0 Å². The van der Waals surface area contributed by atoms with Crippen LogP contribution >= 0.6 is 0 Å². The van der Waals surface area contributed by atoms with Crippen molar-refractivity contribution in [2.75, 3.05) is 7.11 Å². The average molecular weight is 269 g/mol. The molecule has 1 aromatic carbocycles. The Kier molecular flexibility index (Phi) is 3.41. The van der Waals surface area contributed by atoms with Crippen molar-refractivity contribution in [3.63, 3.8) is 0 Å². The zero-order valence-electron chi connectivity index (χ0n) is 13.0. The Morgan fingerprint density at radius 2 is 1.70 bits per heavy atom. The van der Waals surface area contributed by atoms with E-state index in [0.29, 0.717) is 0 Å². The molecule has 20 heavy (non-hydrogen) atoms. The fourth-order valence-electron chi connectivity index (χ4n) is 3.74. The Bertz CT molecular complexity index is 623. The molecule has 2 aliphatic carbocycles.